The number of benzene rings is 3. The molecule has 3 aromatic carbocycles. The molecular weight excluding hydrogens is 412 g/mol. The van der Waals surface area contributed by atoms with Crippen molar-refractivity contribution in [1.82, 2.24) is 0 Å². The first kappa shape index (κ1) is 29.5. The van der Waals surface area contributed by atoms with Gasteiger partial charge in [-0.2, -0.15) is 0 Å². The van der Waals surface area contributed by atoms with E-state index in [1.807, 2.05) is 41.5 Å². The van der Waals surface area contributed by atoms with Crippen molar-refractivity contribution in [3.63, 3.8) is 0 Å². The van der Waals surface area contributed by atoms with Gasteiger partial charge in [0.15, 0.2) is 0 Å². The summed E-state index contributed by atoms with van der Waals surface area (Å²) >= 11 is 0. The fraction of sp³-hybridized carbons (Fsp3) is 0.455. The third-order valence-electron chi connectivity index (χ3n) is 6.11. The molecule has 0 N–H and O–H groups in total. The molecule has 34 heavy (non-hydrogen) atoms. The highest BCUT2D eigenvalue weighted by atomic mass is 16.5. The summed E-state index contributed by atoms with van der Waals surface area (Å²) in [6.45, 7) is 17.1. The molecule has 0 spiro atoms. The molecule has 0 unspecified atom stereocenters. The first-order valence-corrected chi connectivity index (χ1v) is 13.6. The Morgan fingerprint density at radius 2 is 1.09 bits per heavy atom. The Balaban J connectivity index is 0.000000894. The molecule has 1 aliphatic rings. The van der Waals surface area contributed by atoms with Gasteiger partial charge in [0.05, 0.1) is 0 Å². The van der Waals surface area contributed by atoms with Crippen LogP contribution in [-0.4, -0.2) is 0 Å². The Labute approximate surface area is 210 Å². The van der Waals surface area contributed by atoms with E-state index >= 15 is 0 Å². The zero-order chi connectivity index (χ0) is 25.3. The van der Waals surface area contributed by atoms with Crippen LogP contribution in [0.4, 0.5) is 0 Å². The lowest BCUT2D eigenvalue weighted by Gasteiger charge is -2.26. The summed E-state index contributed by atoms with van der Waals surface area (Å²) in [6, 6.07) is 26.1. The predicted molar refractivity (Wildman–Crippen MR) is 152 cm³/mol. The first-order valence-electron chi connectivity index (χ1n) is 13.6. The van der Waals surface area contributed by atoms with Crippen molar-refractivity contribution in [2.45, 2.75) is 93.6 Å². The molecule has 1 nitrogen and oxygen atoms in total. The smallest absolute Gasteiger partial charge is 0.119 e. The third-order valence-corrected chi connectivity index (χ3v) is 6.11. The molecule has 4 rings (SSSR count). The monoisotopic (exact) mass is 460 g/mol. The molecule has 3 aromatic rings. The number of hydrogen-bond donors (Lipinski definition) is 0. The molecule has 0 bridgehead atoms. The zero-order valence-electron chi connectivity index (χ0n) is 23.0. The summed E-state index contributed by atoms with van der Waals surface area (Å²) in [5, 5.41) is 0. The van der Waals surface area contributed by atoms with E-state index in [1.54, 1.807) is 0 Å². The van der Waals surface area contributed by atoms with Gasteiger partial charge in [0.25, 0.3) is 0 Å². The van der Waals surface area contributed by atoms with E-state index in [2.05, 4.69) is 86.6 Å². The Kier molecular flexibility index (Phi) is 14.7. The molecule has 0 heterocycles. The molecule has 1 aliphatic carbocycles. The second-order valence-corrected chi connectivity index (χ2v) is 8.38. The van der Waals surface area contributed by atoms with Crippen LogP contribution in [0.25, 0.3) is 11.1 Å². The molecule has 1 heteroatoms. The minimum absolute atomic E-state index is 0.606. The molecule has 0 saturated heterocycles. The van der Waals surface area contributed by atoms with Gasteiger partial charge in [-0.3, -0.25) is 0 Å². The zero-order valence-corrected chi connectivity index (χ0v) is 23.0. The van der Waals surface area contributed by atoms with Gasteiger partial charge in [0.2, 0.25) is 0 Å². The Hall–Kier alpha value is -2.54. The summed E-state index contributed by atoms with van der Waals surface area (Å²) in [6.07, 6.45) is 5.38. The second kappa shape index (κ2) is 17.0. The van der Waals surface area contributed by atoms with Gasteiger partial charge < -0.3 is 4.74 Å². The van der Waals surface area contributed by atoms with Crippen LogP contribution in [0.3, 0.4) is 0 Å². The summed E-state index contributed by atoms with van der Waals surface area (Å²) in [7, 11) is 0. The van der Waals surface area contributed by atoms with Crippen LogP contribution in [-0.2, 0) is 6.61 Å². The van der Waals surface area contributed by atoms with Crippen molar-refractivity contribution in [3.8, 4) is 16.9 Å². The second-order valence-electron chi connectivity index (χ2n) is 8.38. The van der Waals surface area contributed by atoms with E-state index in [4.69, 9.17) is 4.74 Å². The maximum atomic E-state index is 6.01. The number of hydrogen-bond acceptors (Lipinski definition) is 1. The minimum atomic E-state index is 0.606. The largest absolute Gasteiger partial charge is 0.489 e. The number of ether oxygens (including phenoxy) is 1. The highest BCUT2D eigenvalue weighted by Crippen LogP contribution is 2.36. The van der Waals surface area contributed by atoms with Gasteiger partial charge in [0.1, 0.15) is 12.4 Å². The SMILES string of the molecule is CC.CC.CC.Cc1ccc(-c2ccc(COc3ccc(C4CCC(C)CC4)cc3)cc2)cc1. The van der Waals surface area contributed by atoms with Crippen LogP contribution in [0.1, 0.15) is 96.8 Å². The molecule has 0 amide bonds. The average Bonchev–Trinajstić information content (AvgIpc) is 2.92. The maximum absolute atomic E-state index is 6.01. The van der Waals surface area contributed by atoms with Gasteiger partial charge in [-0.15, -0.1) is 0 Å². The summed E-state index contributed by atoms with van der Waals surface area (Å²) in [4.78, 5) is 0. The predicted octanol–water partition coefficient (Wildman–Crippen LogP) is 10.6. The highest BCUT2D eigenvalue weighted by Gasteiger charge is 2.19. The Bertz CT molecular complexity index is 867. The summed E-state index contributed by atoms with van der Waals surface area (Å²) in [5.74, 6) is 2.59. The van der Waals surface area contributed by atoms with Crippen LogP contribution in [0, 0.1) is 12.8 Å². The van der Waals surface area contributed by atoms with Gasteiger partial charge >= 0.3 is 0 Å². The molecule has 0 atom stereocenters. The highest BCUT2D eigenvalue weighted by molar-refractivity contribution is 5.63. The summed E-state index contributed by atoms with van der Waals surface area (Å²) in [5.41, 5.74) is 6.46. The first-order chi connectivity index (χ1) is 16.7. The van der Waals surface area contributed by atoms with E-state index in [1.165, 1.54) is 53.5 Å². The number of rotatable bonds is 5. The summed E-state index contributed by atoms with van der Waals surface area (Å²) < 4.78 is 6.01. The van der Waals surface area contributed by atoms with Crippen LogP contribution < -0.4 is 4.74 Å². The van der Waals surface area contributed by atoms with E-state index in [9.17, 15) is 0 Å². The Morgan fingerprint density at radius 1 is 0.618 bits per heavy atom. The normalized spacial score (nSPS) is 16.5. The lowest BCUT2D eigenvalue weighted by Crippen LogP contribution is -2.10. The average molecular weight is 461 g/mol. The van der Waals surface area contributed by atoms with Crippen molar-refractivity contribution in [1.29, 1.82) is 0 Å². The minimum Gasteiger partial charge on any atom is -0.489 e. The number of aryl methyl sites for hydroxylation is 1. The standard InChI is InChI=1S/C27H30O.3C2H6/c1-20-3-9-23(10-4-20)25-13-7-22(8-14-25)19-28-27-17-15-26(16-18-27)24-11-5-21(2)6-12-24;3*1-2/h3-4,7-10,13-18,21,24H,5-6,11-12,19H2,1-2H3;3*1-2H3. The van der Waals surface area contributed by atoms with E-state index in [0.717, 1.165) is 17.6 Å². The molecule has 1 fully saturated rings. The molecule has 186 valence electrons. The van der Waals surface area contributed by atoms with Gasteiger partial charge in [0, 0.05) is 0 Å². The lowest BCUT2D eigenvalue weighted by molar-refractivity contribution is 0.305. The van der Waals surface area contributed by atoms with Crippen molar-refractivity contribution < 1.29 is 4.74 Å². The fourth-order valence-corrected chi connectivity index (χ4v) is 4.14. The quantitative estimate of drug-likeness (QED) is 0.368. The van der Waals surface area contributed by atoms with Crippen LogP contribution in [0.2, 0.25) is 0 Å². The van der Waals surface area contributed by atoms with E-state index in [0.29, 0.717) is 6.61 Å². The molecule has 0 radical (unpaired) electrons. The molecule has 0 aromatic heterocycles. The topological polar surface area (TPSA) is 9.23 Å². The molecule has 1 saturated carbocycles. The van der Waals surface area contributed by atoms with Crippen molar-refractivity contribution in [2.75, 3.05) is 0 Å². The van der Waals surface area contributed by atoms with Crippen molar-refractivity contribution in [2.24, 2.45) is 5.92 Å². The van der Waals surface area contributed by atoms with Gasteiger partial charge in [-0.25, -0.2) is 0 Å². The van der Waals surface area contributed by atoms with Gasteiger partial charge in [-0.1, -0.05) is 128 Å². The van der Waals surface area contributed by atoms with E-state index in [-0.39, 0.29) is 0 Å². The lowest BCUT2D eigenvalue weighted by atomic mass is 9.79. The van der Waals surface area contributed by atoms with Crippen LogP contribution >= 0.6 is 0 Å². The third kappa shape index (κ3) is 9.37. The molecular formula is C33H48O. The van der Waals surface area contributed by atoms with Crippen molar-refractivity contribution >= 4 is 0 Å². The van der Waals surface area contributed by atoms with Crippen LogP contribution in [0.15, 0.2) is 72.8 Å². The van der Waals surface area contributed by atoms with E-state index < -0.39 is 0 Å². The Morgan fingerprint density at radius 3 is 1.59 bits per heavy atom. The maximum Gasteiger partial charge on any atom is 0.119 e. The van der Waals surface area contributed by atoms with Crippen LogP contribution in [0.5, 0.6) is 5.75 Å². The van der Waals surface area contributed by atoms with Crippen molar-refractivity contribution in [3.05, 3.63) is 89.5 Å². The molecule has 0 aliphatic heterocycles. The van der Waals surface area contributed by atoms with Gasteiger partial charge in [-0.05, 0) is 66.0 Å². The fourth-order valence-electron chi connectivity index (χ4n) is 4.14.